The van der Waals surface area contributed by atoms with Gasteiger partial charge >= 0.3 is 0 Å². The number of phenolic OH excluding ortho intramolecular Hbond substituents is 1. The average Bonchev–Trinajstić information content (AvgIpc) is 2.79. The molecule has 2 fully saturated rings. The molecule has 2 aliphatic heterocycles. The fourth-order valence-corrected chi connectivity index (χ4v) is 5.74. The minimum atomic E-state index is -0.976. The van der Waals surface area contributed by atoms with Crippen LogP contribution in [0.2, 0.25) is 0 Å². The second-order valence-electron chi connectivity index (χ2n) is 10.2. The largest absolute Gasteiger partial charge is 0.508 e. The van der Waals surface area contributed by atoms with Gasteiger partial charge in [-0.2, -0.15) is 0 Å². The molecule has 178 valence electrons. The second kappa shape index (κ2) is 9.53. The lowest BCUT2D eigenvalue weighted by atomic mass is 9.70. The third kappa shape index (κ3) is 4.98. The third-order valence-corrected chi connectivity index (χ3v) is 7.50. The van der Waals surface area contributed by atoms with Gasteiger partial charge in [-0.25, -0.2) is 4.39 Å². The van der Waals surface area contributed by atoms with Crippen LogP contribution in [0.4, 0.5) is 4.39 Å². The number of phenols is 1. The summed E-state index contributed by atoms with van der Waals surface area (Å²) in [7, 11) is 0. The van der Waals surface area contributed by atoms with Crippen molar-refractivity contribution in [2.45, 2.75) is 63.6 Å². The first-order valence-corrected chi connectivity index (χ1v) is 11.9. The summed E-state index contributed by atoms with van der Waals surface area (Å²) < 4.78 is 14.6. The van der Waals surface area contributed by atoms with E-state index in [9.17, 15) is 19.4 Å². The molecule has 0 saturated carbocycles. The molecule has 0 aromatic heterocycles. The van der Waals surface area contributed by atoms with Gasteiger partial charge in [0, 0.05) is 36.7 Å². The van der Waals surface area contributed by atoms with Gasteiger partial charge in [-0.1, -0.05) is 24.3 Å². The summed E-state index contributed by atoms with van der Waals surface area (Å²) in [5, 5.41) is 24.6. The van der Waals surface area contributed by atoms with Gasteiger partial charge in [-0.05, 0) is 81.8 Å². The summed E-state index contributed by atoms with van der Waals surface area (Å²) in [6.07, 6.45) is 2.62. The zero-order chi connectivity index (χ0) is 23.8. The topological polar surface area (TPSA) is 72.8 Å². The van der Waals surface area contributed by atoms with Gasteiger partial charge in [-0.3, -0.25) is 9.69 Å². The Balaban J connectivity index is 1.78. The number of rotatable bonds is 5. The first-order chi connectivity index (χ1) is 15.7. The van der Waals surface area contributed by atoms with Crippen molar-refractivity contribution in [1.82, 2.24) is 10.2 Å². The maximum atomic E-state index is 14.6. The molecule has 0 aliphatic carbocycles. The average molecular weight is 455 g/mol. The molecular weight excluding hydrogens is 419 g/mol. The fraction of sp³-hybridized carbons (Fsp3) is 0.519. The molecule has 0 spiro atoms. The van der Waals surface area contributed by atoms with Gasteiger partial charge in [0.15, 0.2) is 5.78 Å². The second-order valence-corrected chi connectivity index (χ2v) is 10.2. The lowest BCUT2D eigenvalue weighted by molar-refractivity contribution is -0.0703. The predicted octanol–water partition coefficient (Wildman–Crippen LogP) is 4.02. The molecule has 4 rings (SSSR count). The molecule has 4 atom stereocenters. The SMILES string of the molecule is Cc1c(F)cccc1[C@@H]1C[C@@H](C(C)(C)O)N(C2CCCNC2)C[C@@H]1C(=O)c1cccc(O)c1. The van der Waals surface area contributed by atoms with Crippen LogP contribution in [-0.4, -0.2) is 58.2 Å². The molecule has 3 N–H and O–H groups in total. The van der Waals surface area contributed by atoms with Gasteiger partial charge in [-0.15, -0.1) is 0 Å². The van der Waals surface area contributed by atoms with Crippen LogP contribution < -0.4 is 5.32 Å². The van der Waals surface area contributed by atoms with E-state index in [0.717, 1.165) is 31.5 Å². The number of carbonyl (C=O) groups is 1. The molecule has 2 aromatic rings. The Morgan fingerprint density at radius 2 is 1.97 bits per heavy atom. The number of nitrogens with one attached hydrogen (secondary N) is 1. The van der Waals surface area contributed by atoms with Crippen LogP contribution in [0.1, 0.15) is 60.5 Å². The minimum absolute atomic E-state index is 0.0532. The molecule has 6 heteroatoms. The molecule has 33 heavy (non-hydrogen) atoms. The standard InChI is InChI=1S/C27H35FN2O3/c1-17-21(10-5-11-24(17)28)22-14-25(27(2,3)33)30(19-8-6-12-29-15-19)16-23(22)26(32)18-7-4-9-20(31)13-18/h4-5,7,9-11,13,19,22-23,25,29,31,33H,6,8,12,14-16H2,1-3H3/t19?,22-,23-,25-/m0/s1. The van der Waals surface area contributed by atoms with Crippen LogP contribution in [0, 0.1) is 18.7 Å². The van der Waals surface area contributed by atoms with E-state index in [1.54, 1.807) is 31.2 Å². The Bertz CT molecular complexity index is 997. The summed E-state index contributed by atoms with van der Waals surface area (Å²) in [6.45, 7) is 7.70. The highest BCUT2D eigenvalue weighted by Crippen LogP contribution is 2.43. The minimum Gasteiger partial charge on any atom is -0.508 e. The quantitative estimate of drug-likeness (QED) is 0.595. The van der Waals surface area contributed by atoms with E-state index in [4.69, 9.17) is 0 Å². The normalized spacial score (nSPS) is 26.8. The number of hydrogen-bond acceptors (Lipinski definition) is 5. The van der Waals surface area contributed by atoms with Crippen molar-refractivity contribution in [1.29, 1.82) is 0 Å². The van der Waals surface area contributed by atoms with E-state index in [0.29, 0.717) is 24.1 Å². The highest BCUT2D eigenvalue weighted by atomic mass is 19.1. The summed E-state index contributed by atoms with van der Waals surface area (Å²) in [6, 6.07) is 11.6. The molecule has 2 aromatic carbocycles. The molecule has 2 heterocycles. The zero-order valence-electron chi connectivity index (χ0n) is 19.7. The number of aliphatic hydroxyl groups is 1. The van der Waals surface area contributed by atoms with Gasteiger partial charge in [0.2, 0.25) is 0 Å². The molecule has 2 saturated heterocycles. The number of carbonyl (C=O) groups excluding carboxylic acids is 1. The number of likely N-dealkylation sites (tertiary alicyclic amines) is 1. The molecule has 2 aliphatic rings. The van der Waals surface area contributed by atoms with Crippen molar-refractivity contribution in [3.8, 4) is 5.75 Å². The fourth-order valence-electron chi connectivity index (χ4n) is 5.74. The molecular formula is C27H35FN2O3. The number of piperidine rings is 2. The van der Waals surface area contributed by atoms with Crippen LogP contribution in [0.25, 0.3) is 0 Å². The number of hydrogen-bond donors (Lipinski definition) is 3. The van der Waals surface area contributed by atoms with Gasteiger partial charge in [0.1, 0.15) is 11.6 Å². The smallest absolute Gasteiger partial charge is 0.167 e. The molecule has 1 unspecified atom stereocenters. The van der Waals surface area contributed by atoms with Gasteiger partial charge in [0.25, 0.3) is 0 Å². The lowest BCUT2D eigenvalue weighted by Gasteiger charge is -2.52. The van der Waals surface area contributed by atoms with Crippen LogP contribution >= 0.6 is 0 Å². The van der Waals surface area contributed by atoms with Gasteiger partial charge < -0.3 is 15.5 Å². The van der Waals surface area contributed by atoms with E-state index in [1.807, 2.05) is 19.9 Å². The highest BCUT2D eigenvalue weighted by molar-refractivity contribution is 5.99. The lowest BCUT2D eigenvalue weighted by Crippen LogP contribution is -2.62. The van der Waals surface area contributed by atoms with E-state index in [-0.39, 0.29) is 35.4 Å². The Hall–Kier alpha value is -2.28. The number of ketones is 1. The van der Waals surface area contributed by atoms with E-state index < -0.39 is 11.5 Å². The van der Waals surface area contributed by atoms with Crippen molar-refractivity contribution >= 4 is 5.78 Å². The van der Waals surface area contributed by atoms with Crippen LogP contribution in [0.3, 0.4) is 0 Å². The Morgan fingerprint density at radius 3 is 2.64 bits per heavy atom. The van der Waals surface area contributed by atoms with Crippen molar-refractivity contribution in [3.05, 3.63) is 65.0 Å². The summed E-state index contributed by atoms with van der Waals surface area (Å²) >= 11 is 0. The van der Waals surface area contributed by atoms with Crippen LogP contribution in [0.15, 0.2) is 42.5 Å². The van der Waals surface area contributed by atoms with E-state index >= 15 is 0 Å². The number of nitrogens with zero attached hydrogens (tertiary/aromatic N) is 1. The van der Waals surface area contributed by atoms with Gasteiger partial charge in [0.05, 0.1) is 5.60 Å². The van der Waals surface area contributed by atoms with E-state index in [1.165, 1.54) is 12.1 Å². The van der Waals surface area contributed by atoms with Crippen molar-refractivity contribution in [2.24, 2.45) is 5.92 Å². The van der Waals surface area contributed by atoms with E-state index in [2.05, 4.69) is 10.2 Å². The molecule has 0 amide bonds. The molecule has 0 radical (unpaired) electrons. The number of halogens is 1. The monoisotopic (exact) mass is 454 g/mol. The summed E-state index contributed by atoms with van der Waals surface area (Å²) in [5.41, 5.74) is 0.862. The highest BCUT2D eigenvalue weighted by Gasteiger charge is 2.47. The first kappa shape index (κ1) is 23.9. The van der Waals surface area contributed by atoms with Crippen molar-refractivity contribution in [3.63, 3.8) is 0 Å². The van der Waals surface area contributed by atoms with Crippen molar-refractivity contribution < 1.29 is 19.4 Å². The third-order valence-electron chi connectivity index (χ3n) is 7.50. The Morgan fingerprint density at radius 1 is 1.21 bits per heavy atom. The predicted molar refractivity (Wildman–Crippen MR) is 127 cm³/mol. The molecule has 5 nitrogen and oxygen atoms in total. The first-order valence-electron chi connectivity index (χ1n) is 11.9. The van der Waals surface area contributed by atoms with Crippen molar-refractivity contribution in [2.75, 3.05) is 19.6 Å². The summed E-state index contributed by atoms with van der Waals surface area (Å²) in [4.78, 5) is 16.1. The Labute approximate surface area is 195 Å². The maximum Gasteiger partial charge on any atom is 0.167 e. The summed E-state index contributed by atoms with van der Waals surface area (Å²) in [5.74, 6) is -0.928. The number of Topliss-reactive ketones (excluding diaryl/α,β-unsaturated/α-hetero) is 1. The Kier molecular flexibility index (Phi) is 6.89. The maximum absolute atomic E-state index is 14.6. The van der Waals surface area contributed by atoms with Crippen LogP contribution in [-0.2, 0) is 0 Å². The zero-order valence-corrected chi connectivity index (χ0v) is 19.7. The number of aromatic hydroxyl groups is 1. The number of benzene rings is 2. The van der Waals surface area contributed by atoms with Crippen LogP contribution in [0.5, 0.6) is 5.75 Å². The molecule has 0 bridgehead atoms.